The summed E-state index contributed by atoms with van der Waals surface area (Å²) in [4.78, 5) is 11.3. The molecule has 0 fully saturated rings. The molecule has 1 N–H and O–H groups in total. The number of carbonyl (C=O) groups is 1. The first kappa shape index (κ1) is 9.15. The second-order valence-electron chi connectivity index (χ2n) is 2.78. The number of carbonyl (C=O) groups excluding carboxylic acids is 1. The quantitative estimate of drug-likeness (QED) is 0.684. The van der Waals surface area contributed by atoms with Crippen LogP contribution < -0.4 is 0 Å². The third-order valence-corrected chi connectivity index (χ3v) is 2.01. The topological polar surface area (TPSA) is 91.7 Å². The van der Waals surface area contributed by atoms with E-state index in [0.717, 1.165) is 0 Å². The Balaban J connectivity index is 2.76. The van der Waals surface area contributed by atoms with Gasteiger partial charge in [0.25, 0.3) is 0 Å². The van der Waals surface area contributed by atoms with Crippen molar-refractivity contribution in [2.75, 3.05) is 7.11 Å². The lowest BCUT2D eigenvalue weighted by Gasteiger charge is -2.00. The van der Waals surface area contributed by atoms with Gasteiger partial charge in [-0.25, -0.2) is 4.79 Å². The number of hydrogen-bond donors (Lipinski definition) is 1. The monoisotopic (exact) mass is 202 g/mol. The molecule has 74 valence electrons. The van der Waals surface area contributed by atoms with Gasteiger partial charge in [-0.15, -0.1) is 0 Å². The number of nitrogens with zero attached hydrogens (tertiary/aromatic N) is 3. The molecule has 0 bridgehead atoms. The maximum Gasteiger partial charge on any atom is 0.339 e. The highest BCUT2D eigenvalue weighted by Gasteiger charge is 2.16. The average Bonchev–Trinajstić information content (AvgIpc) is 2.74. The SMILES string of the molecule is COC(=O)c1ccc2n[nH]nc2c1C#N. The van der Waals surface area contributed by atoms with E-state index >= 15 is 0 Å². The van der Waals surface area contributed by atoms with Crippen LogP contribution in [0.1, 0.15) is 15.9 Å². The molecule has 0 amide bonds. The Morgan fingerprint density at radius 3 is 3.00 bits per heavy atom. The van der Waals surface area contributed by atoms with Crippen LogP contribution in [0.2, 0.25) is 0 Å². The van der Waals surface area contributed by atoms with Crippen LogP contribution in [-0.2, 0) is 4.74 Å². The largest absolute Gasteiger partial charge is 0.465 e. The molecule has 2 rings (SSSR count). The molecule has 2 aromatic rings. The molecule has 6 heteroatoms. The number of nitriles is 1. The van der Waals surface area contributed by atoms with Gasteiger partial charge in [0.05, 0.1) is 18.2 Å². The molecule has 1 heterocycles. The number of methoxy groups -OCH3 is 1. The predicted octanol–water partition coefficient (Wildman–Crippen LogP) is 0.616. The molecule has 0 radical (unpaired) electrons. The summed E-state index contributed by atoms with van der Waals surface area (Å²) < 4.78 is 4.56. The van der Waals surface area contributed by atoms with Gasteiger partial charge >= 0.3 is 5.97 Å². The molecule has 0 unspecified atom stereocenters. The van der Waals surface area contributed by atoms with Gasteiger partial charge in [0.1, 0.15) is 17.1 Å². The summed E-state index contributed by atoms with van der Waals surface area (Å²) in [6.45, 7) is 0. The van der Waals surface area contributed by atoms with Gasteiger partial charge in [-0.3, -0.25) is 0 Å². The fourth-order valence-corrected chi connectivity index (χ4v) is 1.31. The zero-order chi connectivity index (χ0) is 10.8. The molecule has 0 aliphatic heterocycles. The summed E-state index contributed by atoms with van der Waals surface area (Å²) in [5.74, 6) is -0.559. The van der Waals surface area contributed by atoms with E-state index in [0.29, 0.717) is 11.0 Å². The summed E-state index contributed by atoms with van der Waals surface area (Å²) in [7, 11) is 1.26. The molecule has 0 aliphatic rings. The fourth-order valence-electron chi connectivity index (χ4n) is 1.31. The van der Waals surface area contributed by atoms with Gasteiger partial charge in [-0.2, -0.15) is 20.7 Å². The number of fused-ring (bicyclic) bond motifs is 1. The van der Waals surface area contributed by atoms with Gasteiger partial charge in [-0.1, -0.05) is 0 Å². The average molecular weight is 202 g/mol. The molecular weight excluding hydrogens is 196 g/mol. The van der Waals surface area contributed by atoms with E-state index < -0.39 is 5.97 Å². The maximum atomic E-state index is 11.3. The zero-order valence-electron chi connectivity index (χ0n) is 7.81. The number of ether oxygens (including phenoxy) is 1. The summed E-state index contributed by atoms with van der Waals surface area (Å²) in [6, 6.07) is 5.01. The minimum atomic E-state index is -0.559. The number of benzene rings is 1. The van der Waals surface area contributed by atoms with Crippen LogP contribution in [-0.4, -0.2) is 28.5 Å². The van der Waals surface area contributed by atoms with Crippen LogP contribution in [0, 0.1) is 11.3 Å². The third-order valence-electron chi connectivity index (χ3n) is 2.01. The van der Waals surface area contributed by atoms with Crippen LogP contribution in [0.25, 0.3) is 11.0 Å². The van der Waals surface area contributed by atoms with Crippen molar-refractivity contribution in [1.29, 1.82) is 5.26 Å². The number of aromatic amines is 1. The summed E-state index contributed by atoms with van der Waals surface area (Å²) in [5, 5.41) is 18.9. The van der Waals surface area contributed by atoms with Gasteiger partial charge in [0.15, 0.2) is 0 Å². The number of nitrogens with one attached hydrogen (secondary N) is 1. The summed E-state index contributed by atoms with van der Waals surface area (Å²) in [6.07, 6.45) is 0. The molecular formula is C9H6N4O2. The smallest absolute Gasteiger partial charge is 0.339 e. The Kier molecular flexibility index (Phi) is 2.06. The van der Waals surface area contributed by atoms with Crippen molar-refractivity contribution >= 4 is 17.0 Å². The van der Waals surface area contributed by atoms with E-state index in [1.807, 2.05) is 6.07 Å². The molecule has 1 aromatic carbocycles. The number of hydrogen-bond acceptors (Lipinski definition) is 5. The molecule has 0 saturated carbocycles. The first-order valence-corrected chi connectivity index (χ1v) is 4.10. The number of rotatable bonds is 1. The number of aromatic nitrogens is 3. The molecule has 0 saturated heterocycles. The van der Waals surface area contributed by atoms with Crippen LogP contribution in [0.4, 0.5) is 0 Å². The molecule has 0 spiro atoms. The summed E-state index contributed by atoms with van der Waals surface area (Å²) >= 11 is 0. The Bertz CT molecular complexity index is 567. The predicted molar refractivity (Wildman–Crippen MR) is 49.9 cm³/mol. The minimum Gasteiger partial charge on any atom is -0.465 e. The van der Waals surface area contributed by atoms with Crippen molar-refractivity contribution in [3.63, 3.8) is 0 Å². The molecule has 0 aliphatic carbocycles. The van der Waals surface area contributed by atoms with Crippen molar-refractivity contribution in [1.82, 2.24) is 15.4 Å². The Morgan fingerprint density at radius 1 is 1.53 bits per heavy atom. The zero-order valence-corrected chi connectivity index (χ0v) is 7.81. The number of esters is 1. The Labute approximate surface area is 84.5 Å². The van der Waals surface area contributed by atoms with E-state index in [1.54, 1.807) is 6.07 Å². The highest BCUT2D eigenvalue weighted by atomic mass is 16.5. The van der Waals surface area contributed by atoms with Gasteiger partial charge in [0, 0.05) is 0 Å². The van der Waals surface area contributed by atoms with E-state index in [1.165, 1.54) is 13.2 Å². The standard InChI is InChI=1S/C9H6N4O2/c1-15-9(14)5-2-3-7-8(6(5)4-10)12-13-11-7/h2-3H,1H3,(H,11,12,13). The van der Waals surface area contributed by atoms with Gasteiger partial charge in [-0.05, 0) is 12.1 Å². The number of H-pyrrole nitrogens is 1. The van der Waals surface area contributed by atoms with Gasteiger partial charge < -0.3 is 4.74 Å². The second-order valence-corrected chi connectivity index (χ2v) is 2.78. The van der Waals surface area contributed by atoms with Crippen molar-refractivity contribution in [3.05, 3.63) is 23.3 Å². The van der Waals surface area contributed by atoms with E-state index in [9.17, 15) is 4.79 Å². The normalized spacial score (nSPS) is 9.87. The molecule has 6 nitrogen and oxygen atoms in total. The third kappa shape index (κ3) is 1.30. The van der Waals surface area contributed by atoms with Gasteiger partial charge in [0.2, 0.25) is 0 Å². The fraction of sp³-hybridized carbons (Fsp3) is 0.111. The first-order chi connectivity index (χ1) is 7.27. The van der Waals surface area contributed by atoms with Crippen LogP contribution in [0.15, 0.2) is 12.1 Å². The molecule has 0 atom stereocenters. The highest BCUT2D eigenvalue weighted by molar-refractivity contribution is 5.98. The van der Waals surface area contributed by atoms with Crippen LogP contribution in [0.5, 0.6) is 0 Å². The van der Waals surface area contributed by atoms with E-state index in [4.69, 9.17) is 5.26 Å². The Hall–Kier alpha value is -2.42. The van der Waals surface area contributed by atoms with Crippen molar-refractivity contribution in [2.45, 2.75) is 0 Å². The van der Waals surface area contributed by atoms with Crippen molar-refractivity contribution in [3.8, 4) is 6.07 Å². The van der Waals surface area contributed by atoms with Crippen LogP contribution >= 0.6 is 0 Å². The van der Waals surface area contributed by atoms with Crippen molar-refractivity contribution in [2.24, 2.45) is 0 Å². The second kappa shape index (κ2) is 3.38. The molecule has 1 aromatic heterocycles. The van der Waals surface area contributed by atoms with Crippen molar-refractivity contribution < 1.29 is 9.53 Å². The minimum absolute atomic E-state index is 0.174. The highest BCUT2D eigenvalue weighted by Crippen LogP contribution is 2.18. The van der Waals surface area contributed by atoms with E-state index in [-0.39, 0.29) is 11.1 Å². The lowest BCUT2D eigenvalue weighted by Crippen LogP contribution is -2.04. The van der Waals surface area contributed by atoms with Crippen LogP contribution in [0.3, 0.4) is 0 Å². The lowest BCUT2D eigenvalue weighted by molar-refractivity contribution is 0.0600. The summed E-state index contributed by atoms with van der Waals surface area (Å²) in [5.41, 5.74) is 1.29. The Morgan fingerprint density at radius 2 is 2.33 bits per heavy atom. The molecule has 15 heavy (non-hydrogen) atoms. The lowest BCUT2D eigenvalue weighted by atomic mass is 10.1. The first-order valence-electron chi connectivity index (χ1n) is 4.10. The maximum absolute atomic E-state index is 11.3. The van der Waals surface area contributed by atoms with E-state index in [2.05, 4.69) is 20.1 Å².